The van der Waals surface area contributed by atoms with E-state index < -0.39 is 0 Å². The van der Waals surface area contributed by atoms with Gasteiger partial charge in [-0.25, -0.2) is 0 Å². The fourth-order valence-corrected chi connectivity index (χ4v) is 3.79. The van der Waals surface area contributed by atoms with Crippen LogP contribution in [0.5, 0.6) is 0 Å². The summed E-state index contributed by atoms with van der Waals surface area (Å²) < 4.78 is 0. The van der Waals surface area contributed by atoms with Crippen LogP contribution in [0, 0.1) is 11.3 Å². The van der Waals surface area contributed by atoms with Crippen molar-refractivity contribution in [1.82, 2.24) is 4.90 Å². The van der Waals surface area contributed by atoms with E-state index in [2.05, 4.69) is 18.7 Å². The molecule has 0 amide bonds. The van der Waals surface area contributed by atoms with Crippen molar-refractivity contribution in [3.63, 3.8) is 0 Å². The minimum atomic E-state index is -0.0260. The highest BCUT2D eigenvalue weighted by Crippen LogP contribution is 2.36. The quantitative estimate of drug-likeness (QED) is 0.564. The Balaban J connectivity index is 2.02. The van der Waals surface area contributed by atoms with Crippen LogP contribution in [0.25, 0.3) is 0 Å². The van der Waals surface area contributed by atoms with Crippen molar-refractivity contribution in [2.24, 2.45) is 11.3 Å². The van der Waals surface area contributed by atoms with Gasteiger partial charge in [-0.05, 0) is 45.1 Å². The number of hydrogen-bond acceptors (Lipinski definition) is 2. The van der Waals surface area contributed by atoms with Crippen LogP contribution in [0.1, 0.15) is 65.2 Å². The second-order valence-corrected chi connectivity index (χ2v) is 6.73. The first-order valence-corrected chi connectivity index (χ1v) is 7.87. The third-order valence-corrected chi connectivity index (χ3v) is 5.37. The van der Waals surface area contributed by atoms with E-state index in [1.54, 1.807) is 0 Å². The van der Waals surface area contributed by atoms with Crippen molar-refractivity contribution in [3.05, 3.63) is 0 Å². The van der Waals surface area contributed by atoms with Crippen LogP contribution in [-0.4, -0.2) is 30.3 Å². The van der Waals surface area contributed by atoms with Gasteiger partial charge >= 0.3 is 0 Å². The van der Waals surface area contributed by atoms with Crippen LogP contribution in [-0.2, 0) is 4.79 Å². The zero-order valence-electron chi connectivity index (χ0n) is 12.2. The predicted octanol–water partition coefficient (Wildman–Crippen LogP) is 3.65. The van der Waals surface area contributed by atoms with Gasteiger partial charge in [0.25, 0.3) is 0 Å². The van der Waals surface area contributed by atoms with E-state index in [-0.39, 0.29) is 5.41 Å². The molecule has 2 unspecified atom stereocenters. The van der Waals surface area contributed by atoms with E-state index in [9.17, 15) is 4.79 Å². The molecule has 2 aliphatic rings. The maximum atomic E-state index is 11.7. The third-order valence-electron chi connectivity index (χ3n) is 5.37. The van der Waals surface area contributed by atoms with Crippen LogP contribution in [0.4, 0.5) is 0 Å². The summed E-state index contributed by atoms with van der Waals surface area (Å²) in [6.45, 7) is 6.92. The first kappa shape index (κ1) is 14.0. The highest BCUT2D eigenvalue weighted by molar-refractivity contribution is 5.59. The summed E-state index contributed by atoms with van der Waals surface area (Å²) >= 11 is 0. The summed E-state index contributed by atoms with van der Waals surface area (Å²) in [6, 6.07) is 0.652. The fraction of sp³-hybridized carbons (Fsp3) is 0.938. The largest absolute Gasteiger partial charge is 0.303 e. The SMILES string of the molecule is CC1CCCN(CC2(C=O)CCCCCC2)C1C. The normalized spacial score (nSPS) is 33.9. The van der Waals surface area contributed by atoms with Crippen LogP contribution < -0.4 is 0 Å². The van der Waals surface area contributed by atoms with Crippen molar-refractivity contribution in [2.45, 2.75) is 71.3 Å². The average Bonchev–Trinajstić information content (AvgIpc) is 2.61. The highest BCUT2D eigenvalue weighted by Gasteiger charge is 2.35. The molecule has 0 N–H and O–H groups in total. The lowest BCUT2D eigenvalue weighted by atomic mass is 9.79. The minimum absolute atomic E-state index is 0.0260. The number of hydrogen-bond donors (Lipinski definition) is 0. The first-order valence-electron chi connectivity index (χ1n) is 7.87. The first-order chi connectivity index (χ1) is 8.67. The summed E-state index contributed by atoms with van der Waals surface area (Å²) in [7, 11) is 0. The Morgan fingerprint density at radius 1 is 1.11 bits per heavy atom. The highest BCUT2D eigenvalue weighted by atomic mass is 16.1. The Labute approximate surface area is 112 Å². The van der Waals surface area contributed by atoms with Gasteiger partial charge in [0.2, 0.25) is 0 Å². The van der Waals surface area contributed by atoms with Gasteiger partial charge in [0, 0.05) is 18.0 Å². The number of carbonyl (C=O) groups is 1. The molecule has 0 radical (unpaired) electrons. The van der Waals surface area contributed by atoms with E-state index in [4.69, 9.17) is 0 Å². The molecule has 2 atom stereocenters. The van der Waals surface area contributed by atoms with Gasteiger partial charge in [-0.2, -0.15) is 0 Å². The van der Waals surface area contributed by atoms with Crippen LogP contribution in [0.2, 0.25) is 0 Å². The molecule has 2 rings (SSSR count). The lowest BCUT2D eigenvalue weighted by Crippen LogP contribution is -2.48. The molecule has 1 heterocycles. The van der Waals surface area contributed by atoms with Crippen molar-refractivity contribution >= 4 is 6.29 Å². The van der Waals surface area contributed by atoms with Crippen LogP contribution in [0.3, 0.4) is 0 Å². The van der Waals surface area contributed by atoms with Crippen molar-refractivity contribution in [3.8, 4) is 0 Å². The third kappa shape index (κ3) is 3.14. The molecule has 1 saturated carbocycles. The molecular formula is C16H29NO. The average molecular weight is 251 g/mol. The number of piperidine rings is 1. The van der Waals surface area contributed by atoms with Crippen LogP contribution in [0.15, 0.2) is 0 Å². The molecule has 0 aromatic carbocycles. The molecule has 2 nitrogen and oxygen atoms in total. The molecule has 1 saturated heterocycles. The lowest BCUT2D eigenvalue weighted by Gasteiger charge is -2.42. The summed E-state index contributed by atoms with van der Waals surface area (Å²) in [6.07, 6.45) is 11.3. The Kier molecular flexibility index (Phi) is 4.83. The topological polar surface area (TPSA) is 20.3 Å². The molecule has 0 bridgehead atoms. The molecule has 104 valence electrons. The number of likely N-dealkylation sites (tertiary alicyclic amines) is 1. The van der Waals surface area contributed by atoms with E-state index in [1.807, 2.05) is 0 Å². The minimum Gasteiger partial charge on any atom is -0.303 e. The van der Waals surface area contributed by atoms with Gasteiger partial charge < -0.3 is 4.79 Å². The summed E-state index contributed by atoms with van der Waals surface area (Å²) in [5.74, 6) is 0.785. The standard InChI is InChI=1S/C16H29NO/c1-14-8-7-11-17(15(14)2)12-16(13-18)9-5-3-4-6-10-16/h13-15H,3-12H2,1-2H3. The van der Waals surface area contributed by atoms with Crippen LogP contribution >= 0.6 is 0 Å². The number of nitrogens with zero attached hydrogens (tertiary/aromatic N) is 1. The molecule has 1 aliphatic heterocycles. The van der Waals surface area contributed by atoms with Gasteiger partial charge in [0.15, 0.2) is 0 Å². The molecule has 18 heavy (non-hydrogen) atoms. The van der Waals surface area contributed by atoms with Gasteiger partial charge in [0.05, 0.1) is 0 Å². The molecular weight excluding hydrogens is 222 g/mol. The van der Waals surface area contributed by atoms with E-state index in [0.717, 1.165) is 25.3 Å². The molecule has 2 heteroatoms. The van der Waals surface area contributed by atoms with Gasteiger partial charge in [-0.3, -0.25) is 4.90 Å². The van der Waals surface area contributed by atoms with Gasteiger partial charge in [-0.15, -0.1) is 0 Å². The maximum Gasteiger partial charge on any atom is 0.127 e. The van der Waals surface area contributed by atoms with Gasteiger partial charge in [0.1, 0.15) is 6.29 Å². The summed E-state index contributed by atoms with van der Waals surface area (Å²) in [5, 5.41) is 0. The maximum absolute atomic E-state index is 11.7. The Bertz CT molecular complexity index is 268. The zero-order valence-corrected chi connectivity index (χ0v) is 12.2. The smallest absolute Gasteiger partial charge is 0.127 e. The number of rotatable bonds is 3. The monoisotopic (exact) mass is 251 g/mol. The second-order valence-electron chi connectivity index (χ2n) is 6.73. The predicted molar refractivity (Wildman–Crippen MR) is 75.6 cm³/mol. The Morgan fingerprint density at radius 3 is 2.39 bits per heavy atom. The molecule has 1 aliphatic carbocycles. The Morgan fingerprint density at radius 2 is 1.78 bits per heavy atom. The van der Waals surface area contributed by atoms with Gasteiger partial charge in [-0.1, -0.05) is 32.6 Å². The molecule has 0 spiro atoms. The molecule has 0 aromatic rings. The Hall–Kier alpha value is -0.370. The second kappa shape index (κ2) is 6.18. The fourth-order valence-electron chi connectivity index (χ4n) is 3.79. The van der Waals surface area contributed by atoms with Crippen molar-refractivity contribution in [1.29, 1.82) is 0 Å². The number of carbonyl (C=O) groups excluding carboxylic acids is 1. The zero-order chi connectivity index (χ0) is 13.0. The molecule has 0 aromatic heterocycles. The lowest BCUT2D eigenvalue weighted by molar-refractivity contribution is -0.119. The number of aldehydes is 1. The van der Waals surface area contributed by atoms with E-state index in [0.29, 0.717) is 6.04 Å². The summed E-state index contributed by atoms with van der Waals surface area (Å²) in [5.41, 5.74) is -0.0260. The van der Waals surface area contributed by atoms with Crippen molar-refractivity contribution < 1.29 is 4.79 Å². The van der Waals surface area contributed by atoms with Crippen molar-refractivity contribution in [2.75, 3.05) is 13.1 Å². The summed E-state index contributed by atoms with van der Waals surface area (Å²) in [4.78, 5) is 14.3. The van der Waals surface area contributed by atoms with E-state index in [1.165, 1.54) is 51.4 Å². The molecule has 2 fully saturated rings. The van der Waals surface area contributed by atoms with E-state index >= 15 is 0 Å².